The van der Waals surface area contributed by atoms with E-state index in [0.717, 1.165) is 0 Å². The summed E-state index contributed by atoms with van der Waals surface area (Å²) in [4.78, 5) is 63.8. The Kier molecular flexibility index (Phi) is 12.1. The fraction of sp³-hybridized carbons (Fsp3) is 0.480. The van der Waals surface area contributed by atoms with Gasteiger partial charge in [0, 0.05) is 13.1 Å². The topological polar surface area (TPSA) is 157 Å². The number of nitrogens with one attached hydrogen (secondary N) is 2. The molecule has 198 valence electrons. The van der Waals surface area contributed by atoms with Crippen molar-refractivity contribution < 1.29 is 33.4 Å². The zero-order valence-electron chi connectivity index (χ0n) is 21.2. The van der Waals surface area contributed by atoms with Crippen molar-refractivity contribution in [3.8, 4) is 0 Å². The van der Waals surface area contributed by atoms with Gasteiger partial charge in [0.1, 0.15) is 17.7 Å². The number of esters is 1. The van der Waals surface area contributed by atoms with Gasteiger partial charge in [-0.05, 0) is 33.3 Å². The van der Waals surface area contributed by atoms with Crippen LogP contribution in [0.3, 0.4) is 0 Å². The maximum Gasteiger partial charge on any atom is 0.408 e. The second-order valence-electron chi connectivity index (χ2n) is 8.81. The third-order valence-corrected chi connectivity index (χ3v) is 4.61. The van der Waals surface area contributed by atoms with Crippen LogP contribution in [0.15, 0.2) is 43.0 Å². The first-order valence-corrected chi connectivity index (χ1v) is 11.6. The Balaban J connectivity index is 3.28. The van der Waals surface area contributed by atoms with E-state index in [4.69, 9.17) is 15.2 Å². The van der Waals surface area contributed by atoms with Gasteiger partial charge in [-0.15, -0.1) is 6.58 Å². The second-order valence-corrected chi connectivity index (χ2v) is 8.81. The fourth-order valence-corrected chi connectivity index (χ4v) is 3.24. The van der Waals surface area contributed by atoms with Crippen molar-refractivity contribution in [3.63, 3.8) is 0 Å². The van der Waals surface area contributed by atoms with Crippen molar-refractivity contribution in [3.05, 3.63) is 48.6 Å². The molecule has 4 amide bonds. The molecule has 1 rings (SSSR count). The maximum atomic E-state index is 13.6. The molecule has 0 bridgehead atoms. The lowest BCUT2D eigenvalue weighted by molar-refractivity contribution is -0.144. The van der Waals surface area contributed by atoms with E-state index in [1.165, 1.54) is 11.0 Å². The Labute approximate surface area is 211 Å². The molecule has 0 saturated heterocycles. The van der Waals surface area contributed by atoms with E-state index < -0.39 is 53.9 Å². The molecule has 0 heterocycles. The highest BCUT2D eigenvalue weighted by atomic mass is 16.6. The van der Waals surface area contributed by atoms with Crippen LogP contribution < -0.4 is 16.4 Å². The number of amides is 4. The smallest absolute Gasteiger partial charge is 0.408 e. The van der Waals surface area contributed by atoms with Crippen molar-refractivity contribution in [1.29, 1.82) is 0 Å². The normalized spacial score (nSPS) is 12.4. The summed E-state index contributed by atoms with van der Waals surface area (Å²) in [7, 11) is 0. The highest BCUT2D eigenvalue weighted by Gasteiger charge is 2.36. The summed E-state index contributed by atoms with van der Waals surface area (Å²) in [6.07, 6.45) is -0.0800. The Morgan fingerprint density at radius 1 is 1.14 bits per heavy atom. The third kappa shape index (κ3) is 10.6. The van der Waals surface area contributed by atoms with Gasteiger partial charge in [0.25, 0.3) is 0 Å². The number of hydrogen-bond donors (Lipinski definition) is 3. The molecular weight excluding hydrogens is 468 g/mol. The number of primary amides is 1. The minimum atomic E-state index is -1.39. The number of carbonyl (C=O) groups is 5. The van der Waals surface area contributed by atoms with Crippen LogP contribution in [-0.2, 0) is 28.7 Å². The zero-order chi connectivity index (χ0) is 27.3. The lowest BCUT2D eigenvalue weighted by Crippen LogP contribution is -2.54. The molecule has 11 nitrogen and oxygen atoms in total. The molecule has 0 aliphatic rings. The van der Waals surface area contributed by atoms with E-state index in [0.29, 0.717) is 5.56 Å². The number of hydrogen-bond acceptors (Lipinski definition) is 7. The third-order valence-electron chi connectivity index (χ3n) is 4.61. The Hall–Kier alpha value is -3.89. The molecule has 0 aromatic heterocycles. The molecule has 36 heavy (non-hydrogen) atoms. The van der Waals surface area contributed by atoms with Crippen LogP contribution in [0, 0.1) is 0 Å². The summed E-state index contributed by atoms with van der Waals surface area (Å²) < 4.78 is 10.1. The lowest BCUT2D eigenvalue weighted by Gasteiger charge is -2.33. The molecule has 0 saturated carbocycles. The van der Waals surface area contributed by atoms with Crippen molar-refractivity contribution in [2.45, 2.75) is 58.2 Å². The van der Waals surface area contributed by atoms with Crippen molar-refractivity contribution in [2.24, 2.45) is 5.73 Å². The highest BCUT2D eigenvalue weighted by Crippen LogP contribution is 2.23. The first kappa shape index (κ1) is 30.1. The SMILES string of the molecule is C=CCN(C(=O)C(CC(N)=O)NC(=O)OC(C)(C)C)C(C(=O)NCCC(=O)OCC)c1ccccc1. The Morgan fingerprint density at radius 2 is 1.78 bits per heavy atom. The van der Waals surface area contributed by atoms with E-state index >= 15 is 0 Å². The Morgan fingerprint density at radius 3 is 2.31 bits per heavy atom. The van der Waals surface area contributed by atoms with E-state index in [1.54, 1.807) is 58.0 Å². The maximum absolute atomic E-state index is 13.6. The number of ether oxygens (including phenoxy) is 2. The predicted molar refractivity (Wildman–Crippen MR) is 132 cm³/mol. The summed E-state index contributed by atoms with van der Waals surface area (Å²) in [6.45, 7) is 10.4. The predicted octanol–water partition coefficient (Wildman–Crippen LogP) is 1.58. The van der Waals surface area contributed by atoms with Crippen LogP contribution in [0.25, 0.3) is 0 Å². The molecule has 0 radical (unpaired) electrons. The number of nitrogens with two attached hydrogens (primary N) is 1. The quantitative estimate of drug-likeness (QED) is 0.272. The number of rotatable bonds is 13. The second kappa shape index (κ2) is 14.5. The molecule has 0 spiro atoms. The van der Waals surface area contributed by atoms with Gasteiger partial charge < -0.3 is 30.7 Å². The van der Waals surface area contributed by atoms with Crippen molar-refractivity contribution in [2.75, 3.05) is 19.7 Å². The largest absolute Gasteiger partial charge is 0.466 e. The average Bonchev–Trinajstić information content (AvgIpc) is 2.77. The molecule has 0 aliphatic heterocycles. The molecule has 0 fully saturated rings. The summed E-state index contributed by atoms with van der Waals surface area (Å²) in [5.41, 5.74) is 4.95. The van der Waals surface area contributed by atoms with Crippen LogP contribution in [0.2, 0.25) is 0 Å². The summed E-state index contributed by atoms with van der Waals surface area (Å²) >= 11 is 0. The minimum absolute atomic E-state index is 0.0159. The van der Waals surface area contributed by atoms with Gasteiger partial charge in [-0.25, -0.2) is 4.79 Å². The number of carbonyl (C=O) groups excluding carboxylic acids is 5. The van der Waals surface area contributed by atoms with Crippen LogP contribution in [0.4, 0.5) is 4.79 Å². The highest BCUT2D eigenvalue weighted by molar-refractivity contribution is 5.94. The first-order chi connectivity index (χ1) is 16.9. The minimum Gasteiger partial charge on any atom is -0.466 e. The van der Waals surface area contributed by atoms with Gasteiger partial charge in [0.15, 0.2) is 0 Å². The molecule has 2 atom stereocenters. The summed E-state index contributed by atoms with van der Waals surface area (Å²) in [5, 5.41) is 5.02. The standard InChI is InChI=1S/C25H36N4O7/c1-6-15-29(23(33)18(16-19(26)30)28-24(34)36-25(3,4)5)21(17-11-9-8-10-12-17)22(32)27-14-13-20(31)35-7-2/h6,8-12,18,21H,1,7,13-16H2,2-5H3,(H2,26,30)(H,27,32)(H,28,34). The first-order valence-electron chi connectivity index (χ1n) is 11.6. The lowest BCUT2D eigenvalue weighted by atomic mass is 10.0. The Bertz CT molecular complexity index is 928. The molecule has 2 unspecified atom stereocenters. The molecule has 1 aromatic rings. The fourth-order valence-electron chi connectivity index (χ4n) is 3.24. The number of nitrogens with zero attached hydrogens (tertiary/aromatic N) is 1. The van der Waals surface area contributed by atoms with E-state index in [9.17, 15) is 24.0 Å². The summed E-state index contributed by atoms with van der Waals surface area (Å²) in [5.74, 6) is -2.63. The molecule has 4 N–H and O–H groups in total. The summed E-state index contributed by atoms with van der Waals surface area (Å²) in [6, 6.07) is 5.91. The average molecular weight is 505 g/mol. The van der Waals surface area contributed by atoms with E-state index in [-0.39, 0.29) is 26.1 Å². The molecule has 1 aromatic carbocycles. The van der Waals surface area contributed by atoms with E-state index in [1.807, 2.05) is 0 Å². The van der Waals surface area contributed by atoms with Gasteiger partial charge in [0.2, 0.25) is 17.7 Å². The van der Waals surface area contributed by atoms with Crippen LogP contribution in [0.1, 0.15) is 52.1 Å². The van der Waals surface area contributed by atoms with Gasteiger partial charge in [-0.1, -0.05) is 36.4 Å². The van der Waals surface area contributed by atoms with Gasteiger partial charge >= 0.3 is 12.1 Å². The van der Waals surface area contributed by atoms with Crippen molar-refractivity contribution in [1.82, 2.24) is 15.5 Å². The van der Waals surface area contributed by atoms with Crippen LogP contribution in [0.5, 0.6) is 0 Å². The van der Waals surface area contributed by atoms with Gasteiger partial charge in [-0.2, -0.15) is 0 Å². The molecule has 0 aliphatic carbocycles. The number of alkyl carbamates (subject to hydrolysis) is 1. The van der Waals surface area contributed by atoms with Gasteiger partial charge in [0.05, 0.1) is 19.4 Å². The monoisotopic (exact) mass is 504 g/mol. The van der Waals surface area contributed by atoms with Gasteiger partial charge in [-0.3, -0.25) is 19.2 Å². The van der Waals surface area contributed by atoms with E-state index in [2.05, 4.69) is 17.2 Å². The number of benzene rings is 1. The zero-order valence-corrected chi connectivity index (χ0v) is 21.2. The molecular formula is C25H36N4O7. The molecule has 11 heteroatoms. The van der Waals surface area contributed by atoms with Crippen LogP contribution >= 0.6 is 0 Å². The van der Waals surface area contributed by atoms with Crippen LogP contribution in [-0.4, -0.2) is 66.0 Å². The van der Waals surface area contributed by atoms with Crippen molar-refractivity contribution >= 4 is 29.8 Å².